The van der Waals surface area contributed by atoms with Gasteiger partial charge in [-0.1, -0.05) is 12.3 Å². The summed E-state index contributed by atoms with van der Waals surface area (Å²) in [4.78, 5) is 0. The van der Waals surface area contributed by atoms with E-state index < -0.39 is 0 Å². The maximum Gasteiger partial charge on any atom is 0.229 e. The third kappa shape index (κ3) is 3.61. The number of hydrogen-bond donors (Lipinski definition) is 1. The number of halogens is 1. The molecule has 0 aromatic rings. The summed E-state index contributed by atoms with van der Waals surface area (Å²) in [7, 11) is 0. The molecule has 0 aromatic heterocycles. The van der Waals surface area contributed by atoms with E-state index in [0.29, 0.717) is 0 Å². The van der Waals surface area contributed by atoms with Gasteiger partial charge in [-0.15, -0.1) is 0 Å². The lowest BCUT2D eigenvalue weighted by atomic mass is 10.9. The summed E-state index contributed by atoms with van der Waals surface area (Å²) in [5.41, 5.74) is 2.02. The average molecular weight is 90.5 g/mol. The van der Waals surface area contributed by atoms with E-state index in [1.807, 2.05) is 5.73 Å². The molecule has 1 nitrogen and oxygen atoms in total. The van der Waals surface area contributed by atoms with Gasteiger partial charge in [-0.25, -0.2) is 0 Å². The Morgan fingerprint density at radius 2 is 2.20 bits per heavy atom. The second-order valence-corrected chi connectivity index (χ2v) is 0.826. The second-order valence-electron chi connectivity index (χ2n) is 0.468. The van der Waals surface area contributed by atoms with Crippen LogP contribution < -0.4 is 0 Å². The first kappa shape index (κ1) is 4.61. The van der Waals surface area contributed by atoms with Crippen LogP contribution in [0, 0.1) is 0 Å². The van der Waals surface area contributed by atoms with Gasteiger partial charge in [-0.2, -0.15) is 0 Å². The molecular weight excluding hydrogens is 87.5 g/mol. The van der Waals surface area contributed by atoms with Crippen molar-refractivity contribution < 1.29 is 5.11 Å². The molecule has 2 heteroatoms. The van der Waals surface area contributed by atoms with Crippen molar-refractivity contribution in [2.45, 2.75) is 0 Å². The molecule has 0 atom stereocenters. The lowest BCUT2D eigenvalue weighted by Gasteiger charge is -1.65. The number of aliphatic hydroxyl groups is 1. The van der Waals surface area contributed by atoms with Gasteiger partial charge in [0.05, 0.1) is 0 Å². The molecule has 0 aliphatic heterocycles. The van der Waals surface area contributed by atoms with Crippen molar-refractivity contribution in [2.24, 2.45) is 0 Å². The summed E-state index contributed by atoms with van der Waals surface area (Å²) in [6.45, 7) is 3.02. The largest absolute Gasteiger partial charge is 0.493 e. The highest BCUT2D eigenvalue weighted by molar-refractivity contribution is 6.27. The zero-order chi connectivity index (χ0) is 4.28. The lowest BCUT2D eigenvalue weighted by Crippen LogP contribution is -1.50. The van der Waals surface area contributed by atoms with Crippen LogP contribution in [0.15, 0.2) is 17.5 Å². The predicted molar refractivity (Wildman–Crippen MR) is 21.1 cm³/mol. The van der Waals surface area contributed by atoms with Crippen LogP contribution in [0.1, 0.15) is 0 Å². The third-order valence-corrected chi connectivity index (χ3v) is 0.280. The number of rotatable bonds is 0. The van der Waals surface area contributed by atoms with Gasteiger partial charge in [-0.05, 0) is 11.6 Å². The van der Waals surface area contributed by atoms with E-state index in [-0.39, 0.29) is 5.22 Å². The lowest BCUT2D eigenvalue weighted by molar-refractivity contribution is 0.454. The summed E-state index contributed by atoms with van der Waals surface area (Å²) >= 11 is 4.76. The summed E-state index contributed by atoms with van der Waals surface area (Å²) in [6.07, 6.45) is 0. The fourth-order valence-corrected chi connectivity index (χ4v) is 0. The molecule has 28 valence electrons. The van der Waals surface area contributed by atoms with Gasteiger partial charge in [0.25, 0.3) is 0 Å². The minimum Gasteiger partial charge on any atom is -0.493 e. The van der Waals surface area contributed by atoms with Gasteiger partial charge in [0.1, 0.15) is 0 Å². The van der Waals surface area contributed by atoms with Crippen molar-refractivity contribution in [3.8, 4) is 0 Å². The maximum atomic E-state index is 7.87. The highest BCUT2D eigenvalue weighted by atomic mass is 35.5. The van der Waals surface area contributed by atoms with Crippen LogP contribution in [-0.4, -0.2) is 5.11 Å². The quantitative estimate of drug-likeness (QED) is 0.352. The molecule has 1 N–H and O–H groups in total. The summed E-state index contributed by atoms with van der Waals surface area (Å²) in [5.74, 6) is 0. The fourth-order valence-electron chi connectivity index (χ4n) is 0. The number of hydrogen-bond acceptors (Lipinski definition) is 1. The van der Waals surface area contributed by atoms with E-state index in [2.05, 4.69) is 6.58 Å². The van der Waals surface area contributed by atoms with Crippen LogP contribution in [0.4, 0.5) is 0 Å². The second kappa shape index (κ2) is 1.89. The van der Waals surface area contributed by atoms with Crippen molar-refractivity contribution in [1.82, 2.24) is 0 Å². The molecule has 0 saturated heterocycles. The topological polar surface area (TPSA) is 20.2 Å². The molecule has 0 bridgehead atoms. The van der Waals surface area contributed by atoms with Gasteiger partial charge in [0.15, 0.2) is 0 Å². The highest BCUT2D eigenvalue weighted by Gasteiger charge is 1.65. The van der Waals surface area contributed by atoms with Crippen LogP contribution in [-0.2, 0) is 0 Å². The summed E-state index contributed by atoms with van der Waals surface area (Å²) < 4.78 is 0. The van der Waals surface area contributed by atoms with Crippen LogP contribution in [0.3, 0.4) is 0 Å². The molecule has 0 unspecified atom stereocenters. The van der Waals surface area contributed by atoms with Gasteiger partial charge in [-0.3, -0.25) is 0 Å². The predicted octanol–water partition coefficient (Wildman–Crippen LogP) is 1.41. The number of aliphatic hydroxyl groups excluding tert-OH is 1. The zero-order valence-corrected chi connectivity index (χ0v) is 3.29. The zero-order valence-electron chi connectivity index (χ0n) is 2.53. The Bertz CT molecular complexity index is 67.0. The molecule has 0 heterocycles. The van der Waals surface area contributed by atoms with E-state index in [9.17, 15) is 0 Å². The van der Waals surface area contributed by atoms with Crippen LogP contribution in [0.5, 0.6) is 0 Å². The van der Waals surface area contributed by atoms with E-state index in [1.165, 1.54) is 0 Å². The molecule has 0 aliphatic rings. The first-order chi connectivity index (χ1) is 2.27. The van der Waals surface area contributed by atoms with Gasteiger partial charge >= 0.3 is 0 Å². The van der Waals surface area contributed by atoms with Gasteiger partial charge in [0.2, 0.25) is 5.22 Å². The van der Waals surface area contributed by atoms with Crippen LogP contribution in [0.2, 0.25) is 0 Å². The Balaban J connectivity index is 3.60. The van der Waals surface area contributed by atoms with E-state index in [4.69, 9.17) is 16.7 Å². The fraction of sp³-hybridized carbons (Fsp3) is 0. The van der Waals surface area contributed by atoms with Crippen LogP contribution in [0.25, 0.3) is 0 Å². The Morgan fingerprint density at radius 3 is 2.20 bits per heavy atom. The van der Waals surface area contributed by atoms with Crippen molar-refractivity contribution in [1.29, 1.82) is 0 Å². The van der Waals surface area contributed by atoms with Crippen LogP contribution >= 0.6 is 11.6 Å². The third-order valence-electron chi connectivity index (χ3n) is 0.146. The highest BCUT2D eigenvalue weighted by Crippen LogP contribution is 1.85. The molecule has 0 fully saturated rings. The minimum atomic E-state index is -0.384. The Kier molecular flexibility index (Phi) is 1.74. The van der Waals surface area contributed by atoms with Crippen molar-refractivity contribution in [2.75, 3.05) is 0 Å². The molecule has 0 saturated carbocycles. The molecule has 5 heavy (non-hydrogen) atoms. The molecule has 0 spiro atoms. The normalized spacial score (nSPS) is 5.80. The molecule has 0 aliphatic carbocycles. The summed E-state index contributed by atoms with van der Waals surface area (Å²) in [6, 6.07) is 0. The minimum absolute atomic E-state index is 0.384. The van der Waals surface area contributed by atoms with Gasteiger partial charge < -0.3 is 5.11 Å². The van der Waals surface area contributed by atoms with Crippen molar-refractivity contribution >= 4 is 11.6 Å². The van der Waals surface area contributed by atoms with Gasteiger partial charge in [0, 0.05) is 0 Å². The first-order valence-electron chi connectivity index (χ1n) is 1.02. The molecule has 0 amide bonds. The molecular formula is C3H3ClO. The van der Waals surface area contributed by atoms with Crippen molar-refractivity contribution in [3.63, 3.8) is 0 Å². The van der Waals surface area contributed by atoms with E-state index >= 15 is 0 Å². The first-order valence-corrected chi connectivity index (χ1v) is 1.39. The average Bonchev–Trinajstić information content (AvgIpc) is 1.38. The SMILES string of the molecule is C=C=C(O)Cl. The van der Waals surface area contributed by atoms with E-state index in [0.717, 1.165) is 0 Å². The van der Waals surface area contributed by atoms with E-state index in [1.54, 1.807) is 0 Å². The van der Waals surface area contributed by atoms with Crippen molar-refractivity contribution in [3.05, 3.63) is 17.5 Å². The monoisotopic (exact) mass is 90.0 g/mol. The molecule has 0 radical (unpaired) electrons. The Morgan fingerprint density at radius 1 is 2.00 bits per heavy atom. The standard InChI is InChI=1S/C3H3ClO/c1-2-3(4)5/h5H,1H2. The Hall–Kier alpha value is -0.390. The molecule has 0 rings (SSSR count). The molecule has 0 aromatic carbocycles. The maximum absolute atomic E-state index is 7.87. The smallest absolute Gasteiger partial charge is 0.229 e. The summed E-state index contributed by atoms with van der Waals surface area (Å²) in [5, 5.41) is 7.49. The Labute approximate surface area is 35.2 Å².